The monoisotopic (exact) mass is 394 g/mol. The van der Waals surface area contributed by atoms with Gasteiger partial charge >= 0.3 is 0 Å². The van der Waals surface area contributed by atoms with Gasteiger partial charge in [0.2, 0.25) is 5.91 Å². The molecule has 0 aliphatic heterocycles. The molecular formula is C18H20BrClN2O. The van der Waals surface area contributed by atoms with Gasteiger partial charge in [-0.3, -0.25) is 4.79 Å². The summed E-state index contributed by atoms with van der Waals surface area (Å²) in [7, 11) is 0. The van der Waals surface area contributed by atoms with Gasteiger partial charge in [0.25, 0.3) is 0 Å². The summed E-state index contributed by atoms with van der Waals surface area (Å²) in [5.41, 5.74) is 3.10. The fourth-order valence-corrected chi connectivity index (χ4v) is 2.92. The second-order valence-electron chi connectivity index (χ2n) is 5.39. The molecule has 0 fully saturated rings. The van der Waals surface area contributed by atoms with E-state index < -0.39 is 0 Å². The summed E-state index contributed by atoms with van der Waals surface area (Å²) >= 11 is 9.36. The largest absolute Gasteiger partial charge is 0.326 e. The Hall–Kier alpha value is -1.36. The lowest BCUT2D eigenvalue weighted by molar-refractivity contribution is -0.116. The summed E-state index contributed by atoms with van der Waals surface area (Å²) in [6, 6.07) is 13.6. The number of carbonyl (C=O) groups excluding carboxylic acids is 1. The quantitative estimate of drug-likeness (QED) is 0.674. The van der Waals surface area contributed by atoms with Crippen LogP contribution in [0.2, 0.25) is 5.02 Å². The number of rotatable bonds is 7. The van der Waals surface area contributed by atoms with Crippen LogP contribution in [0, 0.1) is 6.92 Å². The smallest absolute Gasteiger partial charge is 0.225 e. The summed E-state index contributed by atoms with van der Waals surface area (Å²) < 4.78 is 1.01. The zero-order valence-electron chi connectivity index (χ0n) is 13.0. The molecule has 0 aromatic heterocycles. The molecule has 1 amide bonds. The van der Waals surface area contributed by atoms with Crippen molar-refractivity contribution in [1.82, 2.24) is 5.32 Å². The number of anilines is 1. The van der Waals surface area contributed by atoms with E-state index in [0.29, 0.717) is 13.0 Å². The molecular weight excluding hydrogens is 376 g/mol. The third kappa shape index (κ3) is 6.34. The van der Waals surface area contributed by atoms with Gasteiger partial charge in [0.1, 0.15) is 0 Å². The maximum Gasteiger partial charge on any atom is 0.225 e. The Morgan fingerprint density at radius 3 is 2.74 bits per heavy atom. The number of hydrogen-bond donors (Lipinski definition) is 2. The topological polar surface area (TPSA) is 41.1 Å². The molecule has 2 rings (SSSR count). The van der Waals surface area contributed by atoms with Gasteiger partial charge in [-0.1, -0.05) is 39.7 Å². The van der Waals surface area contributed by atoms with Crippen molar-refractivity contribution in [2.24, 2.45) is 0 Å². The summed E-state index contributed by atoms with van der Waals surface area (Å²) in [4.78, 5) is 11.9. The first kappa shape index (κ1) is 18.0. The molecule has 0 aliphatic rings. The molecule has 122 valence electrons. The van der Waals surface area contributed by atoms with Gasteiger partial charge in [0, 0.05) is 28.1 Å². The van der Waals surface area contributed by atoms with E-state index in [-0.39, 0.29) is 5.91 Å². The van der Waals surface area contributed by atoms with Crippen LogP contribution in [0.25, 0.3) is 0 Å². The van der Waals surface area contributed by atoms with Crippen molar-refractivity contribution in [2.75, 3.05) is 18.4 Å². The van der Waals surface area contributed by atoms with Crippen LogP contribution in [0.15, 0.2) is 46.9 Å². The Bertz CT molecular complexity index is 676. The second-order valence-corrected chi connectivity index (χ2v) is 6.74. The molecule has 0 bridgehead atoms. The predicted molar refractivity (Wildman–Crippen MR) is 100 cm³/mol. The van der Waals surface area contributed by atoms with Crippen molar-refractivity contribution in [2.45, 2.75) is 19.8 Å². The van der Waals surface area contributed by atoms with Gasteiger partial charge in [-0.2, -0.15) is 0 Å². The molecule has 0 saturated heterocycles. The number of hydrogen-bond acceptors (Lipinski definition) is 2. The van der Waals surface area contributed by atoms with Crippen molar-refractivity contribution < 1.29 is 4.79 Å². The number of carbonyl (C=O) groups is 1. The fourth-order valence-electron chi connectivity index (χ4n) is 2.23. The molecule has 0 aliphatic carbocycles. The van der Waals surface area contributed by atoms with Crippen LogP contribution in [0.5, 0.6) is 0 Å². The highest BCUT2D eigenvalue weighted by atomic mass is 79.9. The van der Waals surface area contributed by atoms with Crippen molar-refractivity contribution in [3.63, 3.8) is 0 Å². The first-order valence-electron chi connectivity index (χ1n) is 7.56. The van der Waals surface area contributed by atoms with Gasteiger partial charge in [0.05, 0.1) is 0 Å². The molecule has 0 saturated carbocycles. The normalized spacial score (nSPS) is 10.6. The van der Waals surface area contributed by atoms with Gasteiger partial charge in [-0.25, -0.2) is 0 Å². The molecule has 2 N–H and O–H groups in total. The van der Waals surface area contributed by atoms with E-state index >= 15 is 0 Å². The average Bonchev–Trinajstić information content (AvgIpc) is 2.50. The minimum atomic E-state index is 0.0191. The molecule has 5 heteroatoms. The Labute approximate surface area is 150 Å². The number of nitrogens with one attached hydrogen (secondary N) is 2. The molecule has 0 heterocycles. The third-order valence-electron chi connectivity index (χ3n) is 3.47. The van der Waals surface area contributed by atoms with Crippen LogP contribution in [0.3, 0.4) is 0 Å². The van der Waals surface area contributed by atoms with Crippen molar-refractivity contribution in [3.05, 3.63) is 63.1 Å². The molecule has 0 radical (unpaired) electrons. The van der Waals surface area contributed by atoms with E-state index in [1.807, 2.05) is 43.3 Å². The third-order valence-corrected chi connectivity index (χ3v) is 4.20. The van der Waals surface area contributed by atoms with Gasteiger partial charge in [-0.15, -0.1) is 0 Å². The number of benzene rings is 2. The van der Waals surface area contributed by atoms with E-state index in [0.717, 1.165) is 33.7 Å². The first-order valence-corrected chi connectivity index (χ1v) is 8.73. The van der Waals surface area contributed by atoms with Crippen LogP contribution < -0.4 is 10.6 Å². The zero-order valence-corrected chi connectivity index (χ0v) is 15.4. The predicted octanol–water partition coefficient (Wildman–Crippen LogP) is 4.57. The Balaban J connectivity index is 1.67. The van der Waals surface area contributed by atoms with Crippen molar-refractivity contribution in [3.8, 4) is 0 Å². The standard InChI is InChI=1S/C18H20BrClN2O/c1-13-11-15(19)5-6-17(13)22-18(23)8-10-21-9-7-14-3-2-4-16(20)12-14/h2-6,11-12,21H,7-10H2,1H3,(H,22,23). The van der Waals surface area contributed by atoms with Crippen LogP contribution in [-0.2, 0) is 11.2 Å². The number of aryl methyl sites for hydroxylation is 1. The maximum absolute atomic E-state index is 11.9. The molecule has 0 spiro atoms. The lowest BCUT2D eigenvalue weighted by Gasteiger charge is -2.09. The SMILES string of the molecule is Cc1cc(Br)ccc1NC(=O)CCNCCc1cccc(Cl)c1. The van der Waals surface area contributed by atoms with E-state index in [9.17, 15) is 4.79 Å². The zero-order chi connectivity index (χ0) is 16.7. The molecule has 0 atom stereocenters. The number of amides is 1. The molecule has 3 nitrogen and oxygen atoms in total. The van der Waals surface area contributed by atoms with Crippen molar-refractivity contribution in [1.29, 1.82) is 0 Å². The van der Waals surface area contributed by atoms with Crippen LogP contribution >= 0.6 is 27.5 Å². The van der Waals surface area contributed by atoms with Crippen LogP contribution in [0.1, 0.15) is 17.5 Å². The highest BCUT2D eigenvalue weighted by Gasteiger charge is 2.05. The highest BCUT2D eigenvalue weighted by molar-refractivity contribution is 9.10. The maximum atomic E-state index is 11.9. The fraction of sp³-hybridized carbons (Fsp3) is 0.278. The van der Waals surface area contributed by atoms with E-state index in [2.05, 4.69) is 32.6 Å². The highest BCUT2D eigenvalue weighted by Crippen LogP contribution is 2.20. The minimum absolute atomic E-state index is 0.0191. The first-order chi connectivity index (χ1) is 11.0. The second kappa shape index (κ2) is 9.06. The molecule has 2 aromatic carbocycles. The molecule has 23 heavy (non-hydrogen) atoms. The molecule has 2 aromatic rings. The molecule has 0 unspecified atom stereocenters. The Morgan fingerprint density at radius 2 is 2.00 bits per heavy atom. The Morgan fingerprint density at radius 1 is 1.17 bits per heavy atom. The Kier molecular flexibility index (Phi) is 7.09. The van der Waals surface area contributed by atoms with E-state index in [1.54, 1.807) is 0 Å². The summed E-state index contributed by atoms with van der Waals surface area (Å²) in [6.45, 7) is 3.45. The van der Waals surface area contributed by atoms with Gasteiger partial charge in [0.15, 0.2) is 0 Å². The average molecular weight is 396 g/mol. The summed E-state index contributed by atoms with van der Waals surface area (Å²) in [5, 5.41) is 6.97. The lowest BCUT2D eigenvalue weighted by atomic mass is 10.1. The van der Waals surface area contributed by atoms with Crippen molar-refractivity contribution >= 4 is 39.1 Å². The van der Waals surface area contributed by atoms with Crippen LogP contribution in [0.4, 0.5) is 5.69 Å². The van der Waals surface area contributed by atoms with Gasteiger partial charge < -0.3 is 10.6 Å². The number of halogens is 2. The van der Waals surface area contributed by atoms with E-state index in [4.69, 9.17) is 11.6 Å². The van der Waals surface area contributed by atoms with Crippen LogP contribution in [-0.4, -0.2) is 19.0 Å². The summed E-state index contributed by atoms with van der Waals surface area (Å²) in [5.74, 6) is 0.0191. The lowest BCUT2D eigenvalue weighted by Crippen LogP contribution is -2.23. The van der Waals surface area contributed by atoms with E-state index in [1.165, 1.54) is 5.56 Å². The minimum Gasteiger partial charge on any atom is -0.326 e. The summed E-state index contributed by atoms with van der Waals surface area (Å²) in [6.07, 6.45) is 1.35. The van der Waals surface area contributed by atoms with Gasteiger partial charge in [-0.05, 0) is 61.3 Å².